The molecule has 0 spiro atoms. The van der Waals surface area contributed by atoms with Crippen LogP contribution in [-0.4, -0.2) is 11.7 Å². The van der Waals surface area contributed by atoms with E-state index in [1.165, 1.54) is 0 Å². The number of hydrogen-bond donors (Lipinski definition) is 1. The Balaban J connectivity index is 3.35. The van der Waals surface area contributed by atoms with Crippen molar-refractivity contribution in [1.82, 2.24) is 0 Å². The smallest absolute Gasteiger partial charge is 0.0497 e. The van der Waals surface area contributed by atoms with Gasteiger partial charge in [0, 0.05) is 12.5 Å². The average molecular weight is 98.1 g/mol. The second-order valence-electron chi connectivity index (χ2n) is 1.53. The van der Waals surface area contributed by atoms with Crippen LogP contribution in [-0.2, 0) is 0 Å². The molecule has 0 fully saturated rings. The van der Waals surface area contributed by atoms with Gasteiger partial charge in [0.25, 0.3) is 0 Å². The Kier molecular flexibility index (Phi) is 3.39. The molecule has 0 saturated heterocycles. The molecule has 0 radical (unpaired) electrons. The van der Waals surface area contributed by atoms with Gasteiger partial charge in [-0.3, -0.25) is 0 Å². The summed E-state index contributed by atoms with van der Waals surface area (Å²) in [6, 6.07) is 0. The molecule has 0 aliphatic carbocycles. The van der Waals surface area contributed by atoms with Crippen molar-refractivity contribution in [2.24, 2.45) is 5.92 Å². The topological polar surface area (TPSA) is 20.2 Å². The van der Waals surface area contributed by atoms with Gasteiger partial charge in [0.05, 0.1) is 0 Å². The van der Waals surface area contributed by atoms with E-state index in [-0.39, 0.29) is 12.5 Å². The zero-order valence-electron chi connectivity index (χ0n) is 4.52. The fourth-order valence-corrected chi connectivity index (χ4v) is 0.254. The molecule has 0 rings (SSSR count). The van der Waals surface area contributed by atoms with Crippen molar-refractivity contribution < 1.29 is 5.11 Å². The lowest BCUT2D eigenvalue weighted by molar-refractivity contribution is 0.262. The molecular formula is C6H10O. The van der Waals surface area contributed by atoms with Crippen molar-refractivity contribution in [3.63, 3.8) is 0 Å². The second-order valence-corrected chi connectivity index (χ2v) is 1.53. The number of aliphatic hydroxyl groups is 1. The third kappa shape index (κ3) is 3.31. The number of aliphatic hydroxyl groups excluding tert-OH is 1. The minimum absolute atomic E-state index is 0.183. The van der Waals surface area contributed by atoms with Crippen molar-refractivity contribution in [2.75, 3.05) is 6.61 Å². The van der Waals surface area contributed by atoms with E-state index in [0.29, 0.717) is 0 Å². The Bertz CT molecular complexity index is 80.2. The largest absolute Gasteiger partial charge is 0.396 e. The van der Waals surface area contributed by atoms with E-state index >= 15 is 0 Å². The van der Waals surface area contributed by atoms with Crippen molar-refractivity contribution >= 4 is 0 Å². The molecule has 0 saturated carbocycles. The minimum atomic E-state index is 0.183. The maximum Gasteiger partial charge on any atom is 0.0497 e. The van der Waals surface area contributed by atoms with Crippen molar-refractivity contribution in [2.45, 2.75) is 6.92 Å². The van der Waals surface area contributed by atoms with E-state index in [0.717, 1.165) is 0 Å². The van der Waals surface area contributed by atoms with Gasteiger partial charge in [-0.1, -0.05) is 13.5 Å². The minimum Gasteiger partial charge on any atom is -0.396 e. The van der Waals surface area contributed by atoms with Crippen molar-refractivity contribution in [1.29, 1.82) is 0 Å². The summed E-state index contributed by atoms with van der Waals surface area (Å²) in [5.74, 6) is 0.206. The molecule has 0 aliphatic heterocycles. The van der Waals surface area contributed by atoms with Crippen LogP contribution >= 0.6 is 0 Å². The summed E-state index contributed by atoms with van der Waals surface area (Å²) in [4.78, 5) is 0. The third-order valence-electron chi connectivity index (χ3n) is 0.690. The molecule has 1 atom stereocenters. The quantitative estimate of drug-likeness (QED) is 0.510. The molecule has 0 aromatic heterocycles. The highest BCUT2D eigenvalue weighted by atomic mass is 16.3. The monoisotopic (exact) mass is 98.1 g/mol. The second kappa shape index (κ2) is 3.66. The molecule has 7 heavy (non-hydrogen) atoms. The molecule has 0 aromatic rings. The van der Waals surface area contributed by atoms with E-state index < -0.39 is 0 Å². The van der Waals surface area contributed by atoms with Gasteiger partial charge in [0.1, 0.15) is 0 Å². The van der Waals surface area contributed by atoms with Gasteiger partial charge in [-0.25, -0.2) is 0 Å². The standard InChI is InChI=1S/C6H10O/c1-3-4-6(2)5-7/h4,6-7H,1,5H2,2H3. The maximum atomic E-state index is 8.37. The molecule has 0 aliphatic rings. The Labute approximate surface area is 44.0 Å². The van der Waals surface area contributed by atoms with Crippen LogP contribution in [0.4, 0.5) is 0 Å². The maximum absolute atomic E-state index is 8.37. The number of rotatable bonds is 2. The van der Waals surface area contributed by atoms with Gasteiger partial charge >= 0.3 is 0 Å². The summed E-state index contributed by atoms with van der Waals surface area (Å²) in [7, 11) is 0. The molecule has 1 heteroatoms. The zero-order valence-corrected chi connectivity index (χ0v) is 4.52. The highest BCUT2D eigenvalue weighted by Gasteiger charge is 1.87. The Morgan fingerprint density at radius 3 is 2.71 bits per heavy atom. The first-order valence-corrected chi connectivity index (χ1v) is 2.28. The van der Waals surface area contributed by atoms with Crippen molar-refractivity contribution in [3.05, 3.63) is 18.4 Å². The van der Waals surface area contributed by atoms with Crippen LogP contribution in [0, 0.1) is 5.92 Å². The molecule has 1 nitrogen and oxygen atoms in total. The Morgan fingerprint density at radius 2 is 2.57 bits per heavy atom. The lowest BCUT2D eigenvalue weighted by atomic mass is 10.2. The summed E-state index contributed by atoms with van der Waals surface area (Å²) < 4.78 is 0. The molecule has 1 N–H and O–H groups in total. The molecular weight excluding hydrogens is 88.1 g/mol. The van der Waals surface area contributed by atoms with Gasteiger partial charge in [-0.15, -0.1) is 5.73 Å². The van der Waals surface area contributed by atoms with Crippen LogP contribution in [0.2, 0.25) is 0 Å². The van der Waals surface area contributed by atoms with E-state index in [2.05, 4.69) is 12.3 Å². The SMILES string of the molecule is C=C=CC(C)CO. The van der Waals surface area contributed by atoms with E-state index in [1.54, 1.807) is 6.08 Å². The first-order valence-electron chi connectivity index (χ1n) is 2.28. The summed E-state index contributed by atoms with van der Waals surface area (Å²) in [5.41, 5.74) is 2.58. The average Bonchev–Trinajstić information content (AvgIpc) is 1.68. The predicted octanol–water partition coefficient (Wildman–Crippen LogP) is 0.956. The van der Waals surface area contributed by atoms with Crippen LogP contribution in [0.25, 0.3) is 0 Å². The van der Waals surface area contributed by atoms with Crippen molar-refractivity contribution in [3.8, 4) is 0 Å². The number of hydrogen-bond acceptors (Lipinski definition) is 1. The summed E-state index contributed by atoms with van der Waals surface area (Å²) in [5, 5.41) is 8.37. The van der Waals surface area contributed by atoms with Gasteiger partial charge in [0.15, 0.2) is 0 Å². The van der Waals surface area contributed by atoms with Gasteiger partial charge in [0.2, 0.25) is 0 Å². The van der Waals surface area contributed by atoms with E-state index in [4.69, 9.17) is 5.11 Å². The van der Waals surface area contributed by atoms with Crippen LogP contribution in [0.15, 0.2) is 18.4 Å². The Hall–Kier alpha value is -0.520. The summed E-state index contributed by atoms with van der Waals surface area (Å²) in [6.07, 6.45) is 1.74. The normalized spacial score (nSPS) is 12.3. The highest BCUT2D eigenvalue weighted by Crippen LogP contribution is 1.90. The lowest BCUT2D eigenvalue weighted by Gasteiger charge is -1.93. The molecule has 0 amide bonds. The molecule has 0 aromatic carbocycles. The Morgan fingerprint density at radius 1 is 2.00 bits per heavy atom. The van der Waals surface area contributed by atoms with Crippen LogP contribution < -0.4 is 0 Å². The first kappa shape index (κ1) is 6.48. The van der Waals surface area contributed by atoms with E-state index in [1.807, 2.05) is 6.92 Å². The predicted molar refractivity (Wildman–Crippen MR) is 30.0 cm³/mol. The van der Waals surface area contributed by atoms with Crippen LogP contribution in [0.5, 0.6) is 0 Å². The fourth-order valence-electron chi connectivity index (χ4n) is 0.254. The third-order valence-corrected chi connectivity index (χ3v) is 0.690. The zero-order chi connectivity index (χ0) is 5.70. The first-order chi connectivity index (χ1) is 3.31. The highest BCUT2D eigenvalue weighted by molar-refractivity contribution is 4.80. The molecule has 1 unspecified atom stereocenters. The molecule has 0 bridgehead atoms. The van der Waals surface area contributed by atoms with E-state index in [9.17, 15) is 0 Å². The van der Waals surface area contributed by atoms with Gasteiger partial charge < -0.3 is 5.11 Å². The van der Waals surface area contributed by atoms with Gasteiger partial charge in [-0.05, 0) is 6.08 Å². The van der Waals surface area contributed by atoms with Gasteiger partial charge in [-0.2, -0.15) is 0 Å². The lowest BCUT2D eigenvalue weighted by Crippen LogP contribution is -1.93. The van der Waals surface area contributed by atoms with Crippen LogP contribution in [0.1, 0.15) is 6.92 Å². The molecule has 0 heterocycles. The molecule has 40 valence electrons. The fraction of sp³-hybridized carbons (Fsp3) is 0.500. The summed E-state index contributed by atoms with van der Waals surface area (Å²) >= 11 is 0. The summed E-state index contributed by atoms with van der Waals surface area (Å²) in [6.45, 7) is 5.44. The van der Waals surface area contributed by atoms with Crippen LogP contribution in [0.3, 0.4) is 0 Å².